The number of hydrogen-bond donors (Lipinski definition) is 1. The zero-order valence-electron chi connectivity index (χ0n) is 11.8. The van der Waals surface area contributed by atoms with E-state index in [1.165, 1.54) is 0 Å². The average molecular weight is 260 g/mol. The van der Waals surface area contributed by atoms with Crippen LogP contribution in [-0.4, -0.2) is 22.0 Å². The Morgan fingerprint density at radius 3 is 2.42 bits per heavy atom. The Morgan fingerprint density at radius 2 is 1.89 bits per heavy atom. The first-order valence-corrected chi connectivity index (χ1v) is 6.38. The first kappa shape index (κ1) is 13.6. The van der Waals surface area contributed by atoms with E-state index in [1.807, 2.05) is 44.2 Å². The van der Waals surface area contributed by atoms with Gasteiger partial charge in [0.05, 0.1) is 13.3 Å². The second kappa shape index (κ2) is 5.05. The van der Waals surface area contributed by atoms with Crippen LogP contribution in [0.2, 0.25) is 0 Å². The Balaban J connectivity index is 2.59. The Hall–Kier alpha value is -1.81. The van der Waals surface area contributed by atoms with Crippen molar-refractivity contribution in [1.29, 1.82) is 0 Å². The predicted molar refractivity (Wildman–Crippen MR) is 74.3 cm³/mol. The molecular formula is C15H20N2O2. The lowest BCUT2D eigenvalue weighted by atomic mass is 9.91. The molecule has 0 radical (unpaired) electrons. The summed E-state index contributed by atoms with van der Waals surface area (Å²) in [6, 6.07) is 9.69. The molecule has 2 rings (SSSR count). The summed E-state index contributed by atoms with van der Waals surface area (Å²) in [6.45, 7) is 5.81. The smallest absolute Gasteiger partial charge is 0.163 e. The summed E-state index contributed by atoms with van der Waals surface area (Å²) < 4.78 is 7.14. The van der Waals surface area contributed by atoms with E-state index < -0.39 is 5.60 Å². The maximum Gasteiger partial charge on any atom is 0.163 e. The van der Waals surface area contributed by atoms with Crippen LogP contribution in [0.3, 0.4) is 0 Å². The highest BCUT2D eigenvalue weighted by Gasteiger charge is 2.34. The van der Waals surface area contributed by atoms with Crippen molar-refractivity contribution in [3.05, 3.63) is 47.8 Å². The maximum atomic E-state index is 10.9. The third kappa shape index (κ3) is 2.36. The third-order valence-corrected chi connectivity index (χ3v) is 3.27. The van der Waals surface area contributed by atoms with Gasteiger partial charge in [-0.1, -0.05) is 30.3 Å². The van der Waals surface area contributed by atoms with Gasteiger partial charge in [0.25, 0.3) is 0 Å². The highest BCUT2D eigenvalue weighted by Crippen LogP contribution is 2.36. The average Bonchev–Trinajstić information content (AvgIpc) is 2.84. The van der Waals surface area contributed by atoms with E-state index in [0.29, 0.717) is 11.4 Å². The molecule has 0 saturated heterocycles. The van der Waals surface area contributed by atoms with Crippen molar-refractivity contribution in [2.45, 2.75) is 32.4 Å². The molecule has 4 nitrogen and oxygen atoms in total. The van der Waals surface area contributed by atoms with Gasteiger partial charge in [0.2, 0.25) is 0 Å². The van der Waals surface area contributed by atoms with Crippen LogP contribution in [0.15, 0.2) is 36.5 Å². The van der Waals surface area contributed by atoms with Gasteiger partial charge in [-0.25, -0.2) is 0 Å². The van der Waals surface area contributed by atoms with Crippen LogP contribution in [0.5, 0.6) is 5.75 Å². The van der Waals surface area contributed by atoms with Crippen molar-refractivity contribution in [3.8, 4) is 5.75 Å². The fraction of sp³-hybridized carbons (Fsp3) is 0.400. The molecule has 1 heterocycles. The lowest BCUT2D eigenvalue weighted by Crippen LogP contribution is -2.28. The van der Waals surface area contributed by atoms with Crippen LogP contribution in [0.25, 0.3) is 0 Å². The molecule has 0 fully saturated rings. The molecule has 0 aliphatic rings. The number of hydrogen-bond acceptors (Lipinski definition) is 3. The van der Waals surface area contributed by atoms with Crippen molar-refractivity contribution >= 4 is 0 Å². The van der Waals surface area contributed by atoms with Crippen LogP contribution < -0.4 is 4.74 Å². The molecule has 0 spiro atoms. The fourth-order valence-electron chi connectivity index (χ4n) is 2.25. The minimum atomic E-state index is -1.15. The Labute approximate surface area is 113 Å². The van der Waals surface area contributed by atoms with E-state index in [9.17, 15) is 5.11 Å². The Bertz CT molecular complexity index is 545. The van der Waals surface area contributed by atoms with Crippen LogP contribution in [0.1, 0.15) is 38.1 Å². The number of rotatable bonds is 4. The molecule has 0 aliphatic carbocycles. The summed E-state index contributed by atoms with van der Waals surface area (Å²) >= 11 is 0. The summed E-state index contributed by atoms with van der Waals surface area (Å²) in [5, 5.41) is 15.3. The standard InChI is InChI=1S/C15H20N2O2/c1-11(2)17-14(13(19-4)10-16-17)15(3,18)12-8-6-5-7-9-12/h5-11,18H,1-4H3. The summed E-state index contributed by atoms with van der Waals surface area (Å²) in [7, 11) is 1.59. The molecule has 1 N–H and O–H groups in total. The number of benzene rings is 1. The molecule has 19 heavy (non-hydrogen) atoms. The quantitative estimate of drug-likeness (QED) is 0.919. The molecule has 1 aromatic heterocycles. The van der Waals surface area contributed by atoms with E-state index in [4.69, 9.17) is 4.74 Å². The van der Waals surface area contributed by atoms with Crippen molar-refractivity contribution in [2.24, 2.45) is 0 Å². The molecular weight excluding hydrogens is 240 g/mol. The Morgan fingerprint density at radius 1 is 1.26 bits per heavy atom. The highest BCUT2D eigenvalue weighted by molar-refractivity contribution is 5.39. The number of aliphatic hydroxyl groups is 1. The van der Waals surface area contributed by atoms with Gasteiger partial charge in [-0.05, 0) is 26.3 Å². The zero-order chi connectivity index (χ0) is 14.0. The molecule has 4 heteroatoms. The van der Waals surface area contributed by atoms with E-state index in [2.05, 4.69) is 5.10 Å². The third-order valence-electron chi connectivity index (χ3n) is 3.27. The summed E-state index contributed by atoms with van der Waals surface area (Å²) in [5.41, 5.74) is 0.347. The first-order valence-electron chi connectivity index (χ1n) is 6.38. The lowest BCUT2D eigenvalue weighted by Gasteiger charge is -2.27. The van der Waals surface area contributed by atoms with Crippen LogP contribution in [0.4, 0.5) is 0 Å². The summed E-state index contributed by atoms with van der Waals surface area (Å²) in [4.78, 5) is 0. The van der Waals surface area contributed by atoms with Gasteiger partial charge in [-0.2, -0.15) is 5.10 Å². The monoisotopic (exact) mass is 260 g/mol. The van der Waals surface area contributed by atoms with Crippen molar-refractivity contribution in [1.82, 2.24) is 9.78 Å². The number of ether oxygens (including phenoxy) is 1. The second-order valence-corrected chi connectivity index (χ2v) is 5.04. The molecule has 102 valence electrons. The number of methoxy groups -OCH3 is 1. The minimum absolute atomic E-state index is 0.147. The molecule has 2 aromatic rings. The molecule has 0 amide bonds. The van der Waals surface area contributed by atoms with E-state index in [-0.39, 0.29) is 6.04 Å². The molecule has 0 saturated carbocycles. The number of aromatic nitrogens is 2. The molecule has 0 aliphatic heterocycles. The van der Waals surface area contributed by atoms with Crippen molar-refractivity contribution in [3.63, 3.8) is 0 Å². The molecule has 1 aromatic carbocycles. The maximum absolute atomic E-state index is 10.9. The predicted octanol–water partition coefficient (Wildman–Crippen LogP) is 2.73. The normalized spacial score (nSPS) is 14.4. The minimum Gasteiger partial charge on any atom is -0.493 e. The van der Waals surface area contributed by atoms with E-state index >= 15 is 0 Å². The molecule has 1 unspecified atom stereocenters. The molecule has 0 bridgehead atoms. The second-order valence-electron chi connectivity index (χ2n) is 5.04. The van der Waals surface area contributed by atoms with Gasteiger partial charge in [-0.3, -0.25) is 4.68 Å². The summed E-state index contributed by atoms with van der Waals surface area (Å²) in [6.07, 6.45) is 1.65. The van der Waals surface area contributed by atoms with Crippen molar-refractivity contribution < 1.29 is 9.84 Å². The van der Waals surface area contributed by atoms with Crippen molar-refractivity contribution in [2.75, 3.05) is 7.11 Å². The van der Waals surface area contributed by atoms with Gasteiger partial charge in [-0.15, -0.1) is 0 Å². The van der Waals surface area contributed by atoms with Crippen LogP contribution >= 0.6 is 0 Å². The van der Waals surface area contributed by atoms with Gasteiger partial charge < -0.3 is 9.84 Å². The highest BCUT2D eigenvalue weighted by atomic mass is 16.5. The van der Waals surface area contributed by atoms with E-state index in [1.54, 1.807) is 24.9 Å². The van der Waals surface area contributed by atoms with Gasteiger partial charge in [0.15, 0.2) is 5.75 Å². The zero-order valence-corrected chi connectivity index (χ0v) is 11.8. The van der Waals surface area contributed by atoms with E-state index in [0.717, 1.165) is 5.56 Å². The lowest BCUT2D eigenvalue weighted by molar-refractivity contribution is 0.0868. The molecule has 1 atom stereocenters. The first-order chi connectivity index (χ1) is 8.98. The fourth-order valence-corrected chi connectivity index (χ4v) is 2.25. The SMILES string of the molecule is COc1cnn(C(C)C)c1C(C)(O)c1ccccc1. The largest absolute Gasteiger partial charge is 0.493 e. The van der Waals surface area contributed by atoms with Gasteiger partial charge in [0, 0.05) is 6.04 Å². The topological polar surface area (TPSA) is 47.3 Å². The number of nitrogens with zero attached hydrogens (tertiary/aromatic N) is 2. The van der Waals surface area contributed by atoms with Gasteiger partial charge >= 0.3 is 0 Å². The van der Waals surface area contributed by atoms with Crippen LogP contribution in [0, 0.1) is 0 Å². The summed E-state index contributed by atoms with van der Waals surface area (Å²) in [5.74, 6) is 0.600. The van der Waals surface area contributed by atoms with Crippen LogP contribution in [-0.2, 0) is 5.60 Å². The Kier molecular flexibility index (Phi) is 3.62. The van der Waals surface area contributed by atoms with Gasteiger partial charge in [0.1, 0.15) is 11.3 Å².